The molecule has 15 heavy (non-hydrogen) atoms. The van der Waals surface area contributed by atoms with Crippen molar-refractivity contribution in [1.82, 2.24) is 10.2 Å². The molecule has 1 aliphatic heterocycles. The predicted molar refractivity (Wildman–Crippen MR) is 55.3 cm³/mol. The fourth-order valence-corrected chi connectivity index (χ4v) is 1.53. The number of hydrogen-bond acceptors (Lipinski definition) is 4. The molecule has 0 unspecified atom stereocenters. The summed E-state index contributed by atoms with van der Waals surface area (Å²) >= 11 is 0. The van der Waals surface area contributed by atoms with Gasteiger partial charge in [-0.05, 0) is 13.0 Å². The molecular weight excluding hydrogens is 196 g/mol. The molecule has 1 rings (SSSR count). The molecule has 1 heterocycles. The minimum atomic E-state index is -0.0307. The largest absolute Gasteiger partial charge is 0.383 e. The first-order chi connectivity index (χ1) is 7.25. The van der Waals surface area contributed by atoms with Crippen molar-refractivity contribution >= 4 is 11.8 Å². The molecule has 86 valence electrons. The molecular formula is C10H18N2O3. The van der Waals surface area contributed by atoms with Gasteiger partial charge in [-0.2, -0.15) is 0 Å². The van der Waals surface area contributed by atoms with E-state index in [0.717, 1.165) is 19.5 Å². The number of likely N-dealkylation sites (tertiary alicyclic amines) is 1. The molecule has 0 aromatic rings. The Morgan fingerprint density at radius 3 is 2.53 bits per heavy atom. The van der Waals surface area contributed by atoms with E-state index in [-0.39, 0.29) is 11.8 Å². The lowest BCUT2D eigenvalue weighted by molar-refractivity contribution is -0.138. The highest BCUT2D eigenvalue weighted by atomic mass is 16.5. The molecule has 0 aromatic heterocycles. The zero-order valence-electron chi connectivity index (χ0n) is 9.12. The van der Waals surface area contributed by atoms with Gasteiger partial charge in [-0.15, -0.1) is 0 Å². The Hall–Kier alpha value is -0.940. The second-order valence-electron chi connectivity index (χ2n) is 3.54. The smallest absolute Gasteiger partial charge is 0.229 e. The highest BCUT2D eigenvalue weighted by Gasteiger charge is 2.27. The first-order valence-electron chi connectivity index (χ1n) is 5.28. The first kappa shape index (κ1) is 12.1. The van der Waals surface area contributed by atoms with Gasteiger partial charge in [0.1, 0.15) is 0 Å². The first-order valence-corrected chi connectivity index (χ1v) is 5.28. The maximum absolute atomic E-state index is 11.2. The lowest BCUT2D eigenvalue weighted by atomic mass is 10.4. The molecule has 5 nitrogen and oxygen atoms in total. The number of nitrogens with one attached hydrogen (secondary N) is 1. The lowest BCUT2D eigenvalue weighted by Crippen LogP contribution is -2.32. The van der Waals surface area contributed by atoms with E-state index in [1.807, 2.05) is 0 Å². The van der Waals surface area contributed by atoms with Crippen molar-refractivity contribution in [2.75, 3.05) is 33.4 Å². The minimum Gasteiger partial charge on any atom is -0.383 e. The molecule has 0 aliphatic carbocycles. The third-order valence-corrected chi connectivity index (χ3v) is 2.37. The molecule has 0 radical (unpaired) electrons. The van der Waals surface area contributed by atoms with Crippen molar-refractivity contribution in [1.29, 1.82) is 0 Å². The lowest BCUT2D eigenvalue weighted by Gasteiger charge is -2.13. The van der Waals surface area contributed by atoms with E-state index < -0.39 is 0 Å². The van der Waals surface area contributed by atoms with E-state index in [9.17, 15) is 9.59 Å². The van der Waals surface area contributed by atoms with Crippen molar-refractivity contribution < 1.29 is 14.3 Å². The van der Waals surface area contributed by atoms with Crippen LogP contribution in [0.4, 0.5) is 0 Å². The van der Waals surface area contributed by atoms with E-state index in [1.165, 1.54) is 4.90 Å². The number of nitrogens with zero attached hydrogens (tertiary/aromatic N) is 1. The molecule has 5 heteroatoms. The second kappa shape index (κ2) is 6.53. The maximum Gasteiger partial charge on any atom is 0.229 e. The van der Waals surface area contributed by atoms with Gasteiger partial charge in [0, 0.05) is 33.0 Å². The normalized spacial score (nSPS) is 16.5. The standard InChI is InChI=1S/C10H18N2O3/c1-15-8-6-11-5-2-7-12-9(13)3-4-10(12)14/h11H,2-8H2,1H3. The van der Waals surface area contributed by atoms with E-state index in [0.29, 0.717) is 26.0 Å². The van der Waals surface area contributed by atoms with Gasteiger partial charge in [0.15, 0.2) is 0 Å². The van der Waals surface area contributed by atoms with Crippen molar-refractivity contribution in [3.05, 3.63) is 0 Å². The summed E-state index contributed by atoms with van der Waals surface area (Å²) in [6, 6.07) is 0. The second-order valence-corrected chi connectivity index (χ2v) is 3.54. The molecule has 0 atom stereocenters. The molecule has 0 spiro atoms. The topological polar surface area (TPSA) is 58.6 Å². The molecule has 1 N–H and O–H groups in total. The molecule has 1 aliphatic rings. The summed E-state index contributed by atoms with van der Waals surface area (Å²) in [6.45, 7) is 2.83. The SMILES string of the molecule is COCCNCCCN1C(=O)CCC1=O. The predicted octanol–water partition coefficient (Wildman–Crippen LogP) is -0.239. The number of imide groups is 1. The van der Waals surface area contributed by atoms with Gasteiger partial charge in [0.05, 0.1) is 6.61 Å². The summed E-state index contributed by atoms with van der Waals surface area (Å²) in [6.07, 6.45) is 1.58. The Kier molecular flexibility index (Phi) is 5.28. The number of hydrogen-bond donors (Lipinski definition) is 1. The highest BCUT2D eigenvalue weighted by molar-refractivity contribution is 6.01. The van der Waals surface area contributed by atoms with Gasteiger partial charge in [-0.25, -0.2) is 0 Å². The third kappa shape index (κ3) is 3.97. The van der Waals surface area contributed by atoms with Crippen LogP contribution in [0.15, 0.2) is 0 Å². The van der Waals surface area contributed by atoms with Crippen LogP contribution in [-0.4, -0.2) is 50.1 Å². The number of ether oxygens (including phenoxy) is 1. The van der Waals surface area contributed by atoms with Crippen LogP contribution in [0.5, 0.6) is 0 Å². The molecule has 1 saturated heterocycles. The van der Waals surface area contributed by atoms with Crippen LogP contribution in [0.3, 0.4) is 0 Å². The third-order valence-electron chi connectivity index (χ3n) is 2.37. The van der Waals surface area contributed by atoms with Gasteiger partial charge in [-0.3, -0.25) is 14.5 Å². The number of carbonyl (C=O) groups excluding carboxylic acids is 2. The van der Waals surface area contributed by atoms with Crippen LogP contribution in [0.25, 0.3) is 0 Å². The average molecular weight is 214 g/mol. The fourth-order valence-electron chi connectivity index (χ4n) is 1.53. The molecule has 0 saturated carbocycles. The fraction of sp³-hybridized carbons (Fsp3) is 0.800. The van der Waals surface area contributed by atoms with Gasteiger partial charge in [-0.1, -0.05) is 0 Å². The van der Waals surface area contributed by atoms with Crippen molar-refractivity contribution in [2.24, 2.45) is 0 Å². The van der Waals surface area contributed by atoms with Crippen LogP contribution < -0.4 is 5.32 Å². The van der Waals surface area contributed by atoms with Crippen LogP contribution in [0.2, 0.25) is 0 Å². The van der Waals surface area contributed by atoms with Crippen LogP contribution in [0, 0.1) is 0 Å². The number of rotatable bonds is 7. The summed E-state index contributed by atoms with van der Waals surface area (Å²) in [5.74, 6) is -0.0613. The molecule has 0 bridgehead atoms. The summed E-state index contributed by atoms with van der Waals surface area (Å²) in [5.41, 5.74) is 0. The molecule has 0 aromatic carbocycles. The molecule has 1 fully saturated rings. The Labute approximate surface area is 89.8 Å². The van der Waals surface area contributed by atoms with E-state index in [1.54, 1.807) is 7.11 Å². The van der Waals surface area contributed by atoms with Crippen LogP contribution >= 0.6 is 0 Å². The van der Waals surface area contributed by atoms with Crippen molar-refractivity contribution in [3.63, 3.8) is 0 Å². The van der Waals surface area contributed by atoms with E-state index >= 15 is 0 Å². The summed E-state index contributed by atoms with van der Waals surface area (Å²) in [4.78, 5) is 23.8. The van der Waals surface area contributed by atoms with Crippen molar-refractivity contribution in [2.45, 2.75) is 19.3 Å². The number of carbonyl (C=O) groups is 2. The van der Waals surface area contributed by atoms with E-state index in [4.69, 9.17) is 4.74 Å². The molecule has 2 amide bonds. The summed E-state index contributed by atoms with van der Waals surface area (Å²) in [5, 5.41) is 3.17. The Bertz CT molecular complexity index is 215. The minimum absolute atomic E-state index is 0.0307. The maximum atomic E-state index is 11.2. The Morgan fingerprint density at radius 2 is 1.93 bits per heavy atom. The zero-order valence-corrected chi connectivity index (χ0v) is 9.12. The van der Waals surface area contributed by atoms with Gasteiger partial charge < -0.3 is 10.1 Å². The quantitative estimate of drug-likeness (QED) is 0.469. The monoisotopic (exact) mass is 214 g/mol. The number of amides is 2. The summed E-state index contributed by atoms with van der Waals surface area (Å²) in [7, 11) is 1.66. The van der Waals surface area contributed by atoms with Gasteiger partial charge in [0.2, 0.25) is 11.8 Å². The highest BCUT2D eigenvalue weighted by Crippen LogP contribution is 2.11. The van der Waals surface area contributed by atoms with Crippen molar-refractivity contribution in [3.8, 4) is 0 Å². The van der Waals surface area contributed by atoms with Gasteiger partial charge in [0.25, 0.3) is 0 Å². The average Bonchev–Trinajstić information content (AvgIpc) is 2.54. The Balaban J connectivity index is 2.04. The van der Waals surface area contributed by atoms with E-state index in [2.05, 4.69) is 5.32 Å². The Morgan fingerprint density at radius 1 is 1.27 bits per heavy atom. The van der Waals surface area contributed by atoms with Crippen LogP contribution in [0.1, 0.15) is 19.3 Å². The zero-order chi connectivity index (χ0) is 11.1. The van der Waals surface area contributed by atoms with Crippen LogP contribution in [-0.2, 0) is 14.3 Å². The number of methoxy groups -OCH3 is 1. The van der Waals surface area contributed by atoms with Gasteiger partial charge >= 0.3 is 0 Å². The summed E-state index contributed by atoms with van der Waals surface area (Å²) < 4.78 is 4.87.